The number of rotatable bonds is 1. The van der Waals surface area contributed by atoms with Crippen molar-refractivity contribution in [1.29, 1.82) is 0 Å². The Morgan fingerprint density at radius 3 is 2.54 bits per heavy atom. The number of para-hydroxylation sites is 1. The van der Waals surface area contributed by atoms with E-state index in [9.17, 15) is 9.59 Å². The number of likely N-dealkylation sites (tertiary alicyclic amines) is 1. The lowest BCUT2D eigenvalue weighted by molar-refractivity contribution is -0.145. The van der Waals surface area contributed by atoms with Gasteiger partial charge in [-0.1, -0.05) is 61.4 Å². The highest BCUT2D eigenvalue weighted by Crippen LogP contribution is 2.65. The first-order valence-corrected chi connectivity index (χ1v) is 10.3. The van der Waals surface area contributed by atoms with Crippen molar-refractivity contribution in [1.82, 2.24) is 4.90 Å². The number of fused-ring (bicyclic) bond motifs is 3. The Bertz CT molecular complexity index is 941. The molecule has 1 aliphatic carbocycles. The molecular weight excluding hydrogens is 348 g/mol. The minimum atomic E-state index is -0.925. The molecule has 1 N–H and O–H groups in total. The molecule has 1 saturated heterocycles. The van der Waals surface area contributed by atoms with Gasteiger partial charge in [-0.15, -0.1) is 0 Å². The second-order valence-electron chi connectivity index (χ2n) is 8.51. The van der Waals surface area contributed by atoms with Gasteiger partial charge in [0.25, 0.3) is 5.91 Å². The van der Waals surface area contributed by atoms with E-state index < -0.39 is 11.0 Å². The summed E-state index contributed by atoms with van der Waals surface area (Å²) < 4.78 is 0. The van der Waals surface area contributed by atoms with Crippen LogP contribution in [0.25, 0.3) is 0 Å². The van der Waals surface area contributed by atoms with E-state index in [1.807, 2.05) is 49.5 Å². The number of carbonyl (C=O) groups excluding carboxylic acids is 2. The van der Waals surface area contributed by atoms with Crippen LogP contribution in [-0.2, 0) is 15.1 Å². The standard InChI is InChI=1S/C24H26N2O2/c1-26-16-19(17-10-4-2-5-11-17)23(15-9-3-6-14-21(23)27)24(26)18-12-7-8-13-20(18)25-22(24)28/h2,4-5,7-8,10-13,19H,3,6,9,14-16H2,1H3,(H,25,28)/t19-,23+,24+/m1/s1. The third kappa shape index (κ3) is 2.04. The van der Waals surface area contributed by atoms with Crippen molar-refractivity contribution < 1.29 is 9.59 Å². The van der Waals surface area contributed by atoms with Crippen LogP contribution in [-0.4, -0.2) is 30.2 Å². The Morgan fingerprint density at radius 1 is 0.964 bits per heavy atom. The number of anilines is 1. The minimum absolute atomic E-state index is 0.0150. The molecule has 0 unspecified atom stereocenters. The molecule has 2 fully saturated rings. The number of Topliss-reactive ketones (excluding diaryl/α,β-unsaturated/α-hetero) is 1. The van der Waals surface area contributed by atoms with Gasteiger partial charge >= 0.3 is 0 Å². The Labute approximate surface area is 165 Å². The molecule has 0 radical (unpaired) electrons. The first-order valence-electron chi connectivity index (χ1n) is 10.3. The maximum Gasteiger partial charge on any atom is 0.250 e. The van der Waals surface area contributed by atoms with Gasteiger partial charge in [-0.3, -0.25) is 14.5 Å². The average molecular weight is 374 g/mol. The molecule has 3 atom stereocenters. The number of benzene rings is 2. The van der Waals surface area contributed by atoms with Crippen molar-refractivity contribution in [3.8, 4) is 0 Å². The van der Waals surface area contributed by atoms with Gasteiger partial charge in [0, 0.05) is 30.1 Å². The van der Waals surface area contributed by atoms with Crippen molar-refractivity contribution in [2.24, 2.45) is 5.41 Å². The zero-order chi connectivity index (χ0) is 19.4. The van der Waals surface area contributed by atoms with Gasteiger partial charge in [0.05, 0.1) is 5.41 Å². The number of nitrogens with zero attached hydrogens (tertiary/aromatic N) is 1. The van der Waals surface area contributed by atoms with Gasteiger partial charge in [-0.2, -0.15) is 0 Å². The Hall–Kier alpha value is -2.46. The van der Waals surface area contributed by atoms with Crippen molar-refractivity contribution in [3.05, 3.63) is 65.7 Å². The van der Waals surface area contributed by atoms with Crippen molar-refractivity contribution in [2.75, 3.05) is 18.9 Å². The Kier molecular flexibility index (Phi) is 3.95. The van der Waals surface area contributed by atoms with E-state index in [0.29, 0.717) is 13.0 Å². The first-order chi connectivity index (χ1) is 13.6. The van der Waals surface area contributed by atoms with Crippen molar-refractivity contribution >= 4 is 17.4 Å². The van der Waals surface area contributed by atoms with E-state index in [4.69, 9.17) is 0 Å². The van der Waals surface area contributed by atoms with Gasteiger partial charge in [0.2, 0.25) is 0 Å². The second-order valence-corrected chi connectivity index (χ2v) is 8.51. The molecule has 5 rings (SSSR count). The van der Waals surface area contributed by atoms with Gasteiger partial charge < -0.3 is 5.32 Å². The number of hydrogen-bond donors (Lipinski definition) is 1. The zero-order valence-electron chi connectivity index (χ0n) is 16.3. The third-order valence-corrected chi connectivity index (χ3v) is 7.34. The summed E-state index contributed by atoms with van der Waals surface area (Å²) in [5.41, 5.74) is 1.33. The van der Waals surface area contributed by atoms with E-state index in [-0.39, 0.29) is 17.6 Å². The lowest BCUT2D eigenvalue weighted by Gasteiger charge is -2.45. The minimum Gasteiger partial charge on any atom is -0.324 e. The molecule has 0 bridgehead atoms. The van der Waals surface area contributed by atoms with Crippen LogP contribution >= 0.6 is 0 Å². The molecule has 0 aromatic heterocycles. The Morgan fingerprint density at radius 2 is 1.71 bits per heavy atom. The van der Waals surface area contributed by atoms with Gasteiger partial charge in [0.1, 0.15) is 11.3 Å². The largest absolute Gasteiger partial charge is 0.324 e. The smallest absolute Gasteiger partial charge is 0.250 e. The first kappa shape index (κ1) is 17.6. The number of likely N-dealkylation sites (N-methyl/N-ethyl adjacent to an activating group) is 1. The van der Waals surface area contributed by atoms with E-state index in [1.165, 1.54) is 5.56 Å². The van der Waals surface area contributed by atoms with E-state index in [2.05, 4.69) is 22.3 Å². The maximum atomic E-state index is 13.9. The number of carbonyl (C=O) groups is 2. The van der Waals surface area contributed by atoms with Crippen molar-refractivity contribution in [2.45, 2.75) is 43.6 Å². The predicted octanol–water partition coefficient (Wildman–Crippen LogP) is 4.08. The molecule has 2 aliphatic heterocycles. The molecule has 2 aromatic rings. The molecule has 28 heavy (non-hydrogen) atoms. The molecule has 4 nitrogen and oxygen atoms in total. The monoisotopic (exact) mass is 374 g/mol. The van der Waals surface area contributed by atoms with Crippen LogP contribution in [0.15, 0.2) is 54.6 Å². The normalized spacial score (nSPS) is 32.5. The van der Waals surface area contributed by atoms with Gasteiger partial charge in [-0.25, -0.2) is 0 Å². The lowest BCUT2D eigenvalue weighted by Crippen LogP contribution is -2.58. The summed E-state index contributed by atoms with van der Waals surface area (Å²) in [6.07, 6.45) is 4.29. The second kappa shape index (κ2) is 6.28. The zero-order valence-corrected chi connectivity index (χ0v) is 16.3. The predicted molar refractivity (Wildman–Crippen MR) is 109 cm³/mol. The molecule has 1 amide bonds. The van der Waals surface area contributed by atoms with Crippen LogP contribution in [0.4, 0.5) is 5.69 Å². The molecule has 4 heteroatoms. The van der Waals surface area contributed by atoms with E-state index in [1.54, 1.807) is 0 Å². The summed E-state index contributed by atoms with van der Waals surface area (Å²) in [5, 5.41) is 3.11. The molecule has 2 spiro atoms. The quantitative estimate of drug-likeness (QED) is 0.818. The third-order valence-electron chi connectivity index (χ3n) is 7.34. The van der Waals surface area contributed by atoms with Crippen molar-refractivity contribution in [3.63, 3.8) is 0 Å². The van der Waals surface area contributed by atoms with Crippen LogP contribution in [0.1, 0.15) is 49.1 Å². The fourth-order valence-electron chi connectivity index (χ4n) is 6.28. The molecular formula is C24H26N2O2. The van der Waals surface area contributed by atoms with Gasteiger partial charge in [0.15, 0.2) is 0 Å². The van der Waals surface area contributed by atoms with Gasteiger partial charge in [-0.05, 0) is 31.5 Å². The molecule has 2 heterocycles. The highest BCUT2D eigenvalue weighted by atomic mass is 16.2. The number of ketones is 1. The SMILES string of the molecule is CN1C[C@H](c2ccccc2)[C@]2(CCCCCC2=O)[C@]12C(=O)Nc1ccccc12. The summed E-state index contributed by atoms with van der Waals surface area (Å²) in [6.45, 7) is 0.706. The topological polar surface area (TPSA) is 49.4 Å². The fraction of sp³-hybridized carbons (Fsp3) is 0.417. The molecule has 1 saturated carbocycles. The fourth-order valence-corrected chi connectivity index (χ4v) is 6.28. The van der Waals surface area contributed by atoms with E-state index in [0.717, 1.165) is 36.9 Å². The van der Waals surface area contributed by atoms with Crippen LogP contribution in [0.2, 0.25) is 0 Å². The molecule has 3 aliphatic rings. The van der Waals surface area contributed by atoms with Crippen LogP contribution < -0.4 is 5.32 Å². The summed E-state index contributed by atoms with van der Waals surface area (Å²) in [7, 11) is 2.02. The summed E-state index contributed by atoms with van der Waals surface area (Å²) in [6, 6.07) is 18.3. The highest BCUT2D eigenvalue weighted by Gasteiger charge is 2.72. The highest BCUT2D eigenvalue weighted by molar-refractivity contribution is 6.11. The Balaban J connectivity index is 1.81. The van der Waals surface area contributed by atoms with Crippen LogP contribution in [0.3, 0.4) is 0 Å². The summed E-state index contributed by atoms with van der Waals surface area (Å²) in [5.74, 6) is 0.237. The lowest BCUT2D eigenvalue weighted by atomic mass is 9.57. The van der Waals surface area contributed by atoms with E-state index >= 15 is 0 Å². The maximum absolute atomic E-state index is 13.9. The summed E-state index contributed by atoms with van der Waals surface area (Å²) >= 11 is 0. The number of nitrogens with one attached hydrogen (secondary N) is 1. The number of amides is 1. The summed E-state index contributed by atoms with van der Waals surface area (Å²) in [4.78, 5) is 29.7. The molecule has 144 valence electrons. The van der Waals surface area contributed by atoms with Crippen LogP contribution in [0, 0.1) is 5.41 Å². The van der Waals surface area contributed by atoms with Crippen LogP contribution in [0.5, 0.6) is 0 Å². The molecule has 2 aromatic carbocycles. The number of hydrogen-bond acceptors (Lipinski definition) is 3. The average Bonchev–Trinajstić information content (AvgIpc) is 3.07.